The Hall–Kier alpha value is -0.810. The van der Waals surface area contributed by atoms with Crippen LogP contribution in [0.1, 0.15) is 19.3 Å². The fraction of sp³-hybridized carbons (Fsp3) is 0.583. The van der Waals surface area contributed by atoms with Gasteiger partial charge in [-0.25, -0.2) is 8.42 Å². The third kappa shape index (κ3) is 3.14. The molecule has 0 aliphatic carbocycles. The lowest BCUT2D eigenvalue weighted by Crippen LogP contribution is -2.26. The van der Waals surface area contributed by atoms with E-state index in [-0.39, 0.29) is 5.25 Å². The van der Waals surface area contributed by atoms with Gasteiger partial charge in [0.25, 0.3) is 0 Å². The minimum atomic E-state index is -2.94. The monoisotopic (exact) mass is 288 g/mol. The first kappa shape index (κ1) is 13.6. The van der Waals surface area contributed by atoms with Crippen LogP contribution in [-0.4, -0.2) is 38.0 Å². The van der Waals surface area contributed by atoms with Crippen molar-refractivity contribution in [3.05, 3.63) is 23.5 Å². The minimum absolute atomic E-state index is 0.219. The Labute approximate surface area is 113 Å². The molecule has 0 N–H and O–H groups in total. The van der Waals surface area contributed by atoms with Crippen LogP contribution in [0.2, 0.25) is 5.02 Å². The predicted octanol–water partition coefficient (Wildman–Crippen LogP) is 2.14. The summed E-state index contributed by atoms with van der Waals surface area (Å²) in [5.74, 6) is 0. The van der Waals surface area contributed by atoms with Crippen LogP contribution in [0.25, 0.3) is 0 Å². The van der Waals surface area contributed by atoms with Gasteiger partial charge < -0.3 is 4.90 Å². The Balaban J connectivity index is 2.13. The molecule has 1 fully saturated rings. The van der Waals surface area contributed by atoms with E-state index >= 15 is 0 Å². The van der Waals surface area contributed by atoms with E-state index in [2.05, 4.69) is 9.88 Å². The number of halogens is 1. The fourth-order valence-corrected chi connectivity index (χ4v) is 3.73. The maximum Gasteiger partial charge on any atom is 0.150 e. The van der Waals surface area contributed by atoms with Crippen molar-refractivity contribution < 1.29 is 8.42 Å². The number of rotatable bonds is 2. The summed E-state index contributed by atoms with van der Waals surface area (Å²) in [5.41, 5.74) is 0.945. The summed E-state index contributed by atoms with van der Waals surface area (Å²) in [7, 11) is -2.94. The highest BCUT2D eigenvalue weighted by Crippen LogP contribution is 2.27. The van der Waals surface area contributed by atoms with Crippen molar-refractivity contribution in [1.82, 2.24) is 4.98 Å². The Morgan fingerprint density at radius 3 is 2.83 bits per heavy atom. The molecule has 100 valence electrons. The van der Waals surface area contributed by atoms with Crippen molar-refractivity contribution in [3.8, 4) is 0 Å². The standard InChI is InChI=1S/C12H17ClN2O2S/c1-18(16,17)10-3-2-7-15(8-5-10)12-4-6-14-9-11(12)13/h4,6,9-10H,2-3,5,7-8H2,1H3. The molecule has 1 atom stereocenters. The van der Waals surface area contributed by atoms with Crippen molar-refractivity contribution in [1.29, 1.82) is 0 Å². The van der Waals surface area contributed by atoms with Crippen molar-refractivity contribution in [2.75, 3.05) is 24.2 Å². The average molecular weight is 289 g/mol. The molecule has 0 amide bonds. The second-order valence-corrected chi connectivity index (χ2v) is 7.43. The molecule has 1 aliphatic heterocycles. The smallest absolute Gasteiger partial charge is 0.150 e. The Morgan fingerprint density at radius 1 is 1.39 bits per heavy atom. The summed E-state index contributed by atoms with van der Waals surface area (Å²) in [6.07, 6.45) is 6.93. The molecule has 4 nitrogen and oxygen atoms in total. The van der Waals surface area contributed by atoms with Gasteiger partial charge in [-0.3, -0.25) is 4.98 Å². The first-order chi connectivity index (χ1) is 8.48. The van der Waals surface area contributed by atoms with Crippen molar-refractivity contribution in [2.24, 2.45) is 0 Å². The van der Waals surface area contributed by atoms with Gasteiger partial charge in [0.05, 0.1) is 16.0 Å². The van der Waals surface area contributed by atoms with Crippen LogP contribution >= 0.6 is 11.6 Å². The lowest BCUT2D eigenvalue weighted by Gasteiger charge is -2.23. The van der Waals surface area contributed by atoms with E-state index in [0.29, 0.717) is 11.4 Å². The normalized spacial score (nSPS) is 21.7. The topological polar surface area (TPSA) is 50.3 Å². The largest absolute Gasteiger partial charge is 0.370 e. The quantitative estimate of drug-likeness (QED) is 0.837. The molecule has 0 radical (unpaired) electrons. The summed E-state index contributed by atoms with van der Waals surface area (Å²) in [4.78, 5) is 6.11. The number of hydrogen-bond acceptors (Lipinski definition) is 4. The number of hydrogen-bond donors (Lipinski definition) is 0. The first-order valence-electron chi connectivity index (χ1n) is 6.02. The lowest BCUT2D eigenvalue weighted by atomic mass is 10.2. The highest BCUT2D eigenvalue weighted by molar-refractivity contribution is 7.91. The maximum absolute atomic E-state index is 11.6. The molecule has 6 heteroatoms. The maximum atomic E-state index is 11.6. The molecular formula is C12H17ClN2O2S. The van der Waals surface area contributed by atoms with Crippen LogP contribution in [0.5, 0.6) is 0 Å². The molecule has 1 aliphatic rings. The fourth-order valence-electron chi connectivity index (χ4n) is 2.36. The Bertz CT molecular complexity index is 519. The zero-order valence-corrected chi connectivity index (χ0v) is 11.9. The molecule has 0 saturated carbocycles. The van der Waals surface area contributed by atoms with E-state index in [4.69, 9.17) is 11.6 Å². The first-order valence-corrected chi connectivity index (χ1v) is 8.35. The lowest BCUT2D eigenvalue weighted by molar-refractivity contribution is 0.573. The van der Waals surface area contributed by atoms with Gasteiger partial charge in [0.15, 0.2) is 0 Å². The number of anilines is 1. The van der Waals surface area contributed by atoms with Gasteiger partial charge in [-0.1, -0.05) is 11.6 Å². The zero-order chi connectivity index (χ0) is 13.2. The molecule has 0 aromatic carbocycles. The van der Waals surface area contributed by atoms with Crippen molar-refractivity contribution >= 4 is 27.1 Å². The van der Waals surface area contributed by atoms with Gasteiger partial charge in [0.2, 0.25) is 0 Å². The van der Waals surface area contributed by atoms with Crippen molar-refractivity contribution in [3.63, 3.8) is 0 Å². The highest BCUT2D eigenvalue weighted by Gasteiger charge is 2.25. The van der Waals surface area contributed by atoms with Gasteiger partial charge in [-0.05, 0) is 25.3 Å². The SMILES string of the molecule is CS(=O)(=O)C1CCCN(c2ccncc2Cl)CC1. The number of sulfone groups is 1. The molecular weight excluding hydrogens is 272 g/mol. The van der Waals surface area contributed by atoms with Crippen LogP contribution in [0.4, 0.5) is 5.69 Å². The molecule has 18 heavy (non-hydrogen) atoms. The Morgan fingerprint density at radius 2 is 2.17 bits per heavy atom. The van der Waals surface area contributed by atoms with Crippen LogP contribution in [0, 0.1) is 0 Å². The molecule has 2 heterocycles. The second-order valence-electron chi connectivity index (χ2n) is 4.70. The molecule has 0 bridgehead atoms. The molecule has 1 unspecified atom stereocenters. The minimum Gasteiger partial charge on any atom is -0.370 e. The van der Waals surface area contributed by atoms with Crippen LogP contribution in [0.3, 0.4) is 0 Å². The second kappa shape index (κ2) is 5.45. The van der Waals surface area contributed by atoms with E-state index < -0.39 is 9.84 Å². The third-order valence-electron chi connectivity index (χ3n) is 3.37. The molecule has 0 spiro atoms. The zero-order valence-electron chi connectivity index (χ0n) is 10.3. The molecule has 1 saturated heterocycles. The Kier molecular flexibility index (Phi) is 4.12. The summed E-state index contributed by atoms with van der Waals surface area (Å²) in [6, 6.07) is 1.88. The van der Waals surface area contributed by atoms with E-state index in [1.165, 1.54) is 6.26 Å². The van der Waals surface area contributed by atoms with Gasteiger partial charge in [0.1, 0.15) is 9.84 Å². The summed E-state index contributed by atoms with van der Waals surface area (Å²) in [6.45, 7) is 1.57. The van der Waals surface area contributed by atoms with Crippen LogP contribution < -0.4 is 4.90 Å². The average Bonchev–Trinajstić information content (AvgIpc) is 2.54. The molecule has 2 rings (SSSR count). The van der Waals surface area contributed by atoms with E-state index in [1.807, 2.05) is 6.07 Å². The summed E-state index contributed by atoms with van der Waals surface area (Å²) < 4.78 is 23.2. The van der Waals surface area contributed by atoms with Crippen LogP contribution in [-0.2, 0) is 9.84 Å². The van der Waals surface area contributed by atoms with Gasteiger partial charge >= 0.3 is 0 Å². The van der Waals surface area contributed by atoms with Gasteiger partial charge in [-0.2, -0.15) is 0 Å². The van der Waals surface area contributed by atoms with E-state index in [0.717, 1.165) is 31.6 Å². The molecule has 1 aromatic heterocycles. The summed E-state index contributed by atoms with van der Waals surface area (Å²) in [5, 5.41) is 0.401. The predicted molar refractivity (Wildman–Crippen MR) is 73.9 cm³/mol. The third-order valence-corrected chi connectivity index (χ3v) is 5.35. The highest BCUT2D eigenvalue weighted by atomic mass is 35.5. The number of pyridine rings is 1. The van der Waals surface area contributed by atoms with Crippen molar-refractivity contribution in [2.45, 2.75) is 24.5 Å². The van der Waals surface area contributed by atoms with Gasteiger partial charge in [-0.15, -0.1) is 0 Å². The summed E-state index contributed by atoms with van der Waals surface area (Å²) >= 11 is 6.11. The number of nitrogens with zero attached hydrogens (tertiary/aromatic N) is 2. The van der Waals surface area contributed by atoms with E-state index in [9.17, 15) is 8.42 Å². The van der Waals surface area contributed by atoms with Crippen LogP contribution in [0.15, 0.2) is 18.5 Å². The number of aromatic nitrogens is 1. The molecule has 1 aromatic rings. The van der Waals surface area contributed by atoms with Gasteiger partial charge in [0, 0.05) is 31.7 Å². The van der Waals surface area contributed by atoms with E-state index in [1.54, 1.807) is 12.4 Å².